The van der Waals surface area contributed by atoms with Crippen LogP contribution in [-0.2, 0) is 12.8 Å². The van der Waals surface area contributed by atoms with Gasteiger partial charge in [0.2, 0.25) is 0 Å². The first kappa shape index (κ1) is 14.0. The van der Waals surface area contributed by atoms with E-state index in [0.717, 1.165) is 40.8 Å². The number of halogens is 1. The zero-order valence-electron chi connectivity index (χ0n) is 12.4. The molecular formula is C20H13ClN2. The summed E-state index contributed by atoms with van der Waals surface area (Å²) >= 11 is 6.35. The van der Waals surface area contributed by atoms with Gasteiger partial charge in [-0.15, -0.1) is 0 Å². The van der Waals surface area contributed by atoms with Crippen molar-refractivity contribution >= 4 is 11.6 Å². The van der Waals surface area contributed by atoms with Gasteiger partial charge in [0.05, 0.1) is 11.3 Å². The average molecular weight is 317 g/mol. The third-order valence-corrected chi connectivity index (χ3v) is 4.62. The highest BCUT2D eigenvalue weighted by molar-refractivity contribution is 6.31. The third-order valence-electron chi connectivity index (χ3n) is 4.34. The lowest BCUT2D eigenvalue weighted by Gasteiger charge is -2.23. The molecule has 0 fully saturated rings. The van der Waals surface area contributed by atoms with Crippen molar-refractivity contribution < 1.29 is 0 Å². The number of rotatable bonds is 1. The summed E-state index contributed by atoms with van der Waals surface area (Å²) in [7, 11) is 0. The molecule has 4 rings (SSSR count). The maximum atomic E-state index is 9.58. The Kier molecular flexibility index (Phi) is 3.37. The number of aryl methyl sites for hydroxylation is 1. The lowest BCUT2D eigenvalue weighted by atomic mass is 9.83. The number of pyridine rings is 1. The van der Waals surface area contributed by atoms with Crippen molar-refractivity contribution in [2.75, 3.05) is 0 Å². The molecule has 0 spiro atoms. The van der Waals surface area contributed by atoms with Gasteiger partial charge in [0.1, 0.15) is 11.2 Å². The van der Waals surface area contributed by atoms with Crippen molar-refractivity contribution in [2.45, 2.75) is 12.8 Å². The standard InChI is InChI=1S/C20H13ClN2/c21-20-17(12-22)18(14-7-2-1-3-8-14)16-11-10-13-6-4-5-9-15(13)19(16)23-20/h1-9H,10-11H2. The normalized spacial score (nSPS) is 12.2. The number of hydrogen-bond donors (Lipinski definition) is 0. The fraction of sp³-hybridized carbons (Fsp3) is 0.100. The highest BCUT2D eigenvalue weighted by atomic mass is 35.5. The first-order chi connectivity index (χ1) is 11.3. The minimum absolute atomic E-state index is 0.279. The molecule has 0 N–H and O–H groups in total. The summed E-state index contributed by atoms with van der Waals surface area (Å²) in [5, 5.41) is 9.86. The Morgan fingerprint density at radius 2 is 1.70 bits per heavy atom. The number of hydrogen-bond acceptors (Lipinski definition) is 2. The van der Waals surface area contributed by atoms with Gasteiger partial charge >= 0.3 is 0 Å². The Hall–Kier alpha value is -2.63. The summed E-state index contributed by atoms with van der Waals surface area (Å²) in [6, 6.07) is 20.5. The van der Waals surface area contributed by atoms with Gasteiger partial charge in [0.15, 0.2) is 0 Å². The topological polar surface area (TPSA) is 36.7 Å². The largest absolute Gasteiger partial charge is 0.234 e. The summed E-state index contributed by atoms with van der Waals surface area (Å²) in [6.07, 6.45) is 1.83. The van der Waals surface area contributed by atoms with E-state index < -0.39 is 0 Å². The van der Waals surface area contributed by atoms with Crippen molar-refractivity contribution in [2.24, 2.45) is 0 Å². The Morgan fingerprint density at radius 3 is 2.48 bits per heavy atom. The van der Waals surface area contributed by atoms with E-state index in [1.165, 1.54) is 5.56 Å². The molecule has 1 heterocycles. The van der Waals surface area contributed by atoms with Gasteiger partial charge in [-0.05, 0) is 29.5 Å². The molecule has 0 saturated heterocycles. The molecule has 0 amide bonds. The van der Waals surface area contributed by atoms with E-state index in [9.17, 15) is 5.26 Å². The number of nitriles is 1. The molecule has 0 atom stereocenters. The fourth-order valence-corrected chi connectivity index (χ4v) is 3.54. The molecule has 0 bridgehead atoms. The van der Waals surface area contributed by atoms with E-state index in [2.05, 4.69) is 23.2 Å². The van der Waals surface area contributed by atoms with Crippen LogP contribution in [0.15, 0.2) is 54.6 Å². The summed E-state index contributed by atoms with van der Waals surface area (Å²) < 4.78 is 0. The van der Waals surface area contributed by atoms with Crippen molar-refractivity contribution in [1.29, 1.82) is 5.26 Å². The lowest BCUT2D eigenvalue weighted by Crippen LogP contribution is -2.09. The van der Waals surface area contributed by atoms with Crippen LogP contribution >= 0.6 is 11.6 Å². The predicted octanol–water partition coefficient (Wildman–Crippen LogP) is 5.04. The Labute approximate surface area is 140 Å². The molecule has 0 unspecified atom stereocenters. The predicted molar refractivity (Wildman–Crippen MR) is 92.2 cm³/mol. The molecule has 110 valence electrons. The van der Waals surface area contributed by atoms with Crippen molar-refractivity contribution in [1.82, 2.24) is 4.98 Å². The van der Waals surface area contributed by atoms with Crippen molar-refractivity contribution in [3.63, 3.8) is 0 Å². The molecule has 0 radical (unpaired) electrons. The Balaban J connectivity index is 2.08. The van der Waals surface area contributed by atoms with Gasteiger partial charge in [-0.3, -0.25) is 0 Å². The van der Waals surface area contributed by atoms with Crippen LogP contribution in [0.5, 0.6) is 0 Å². The molecule has 2 aromatic carbocycles. The monoisotopic (exact) mass is 316 g/mol. The minimum Gasteiger partial charge on any atom is -0.234 e. The second-order valence-electron chi connectivity index (χ2n) is 5.61. The second-order valence-corrected chi connectivity index (χ2v) is 5.97. The molecule has 0 saturated carbocycles. The van der Waals surface area contributed by atoms with Gasteiger partial charge in [-0.2, -0.15) is 5.26 Å². The molecule has 3 aromatic rings. The van der Waals surface area contributed by atoms with Gasteiger partial charge < -0.3 is 0 Å². The maximum absolute atomic E-state index is 9.58. The minimum atomic E-state index is 0.279. The van der Waals surface area contributed by atoms with Crippen LogP contribution in [-0.4, -0.2) is 4.98 Å². The van der Waals surface area contributed by atoms with E-state index in [4.69, 9.17) is 11.6 Å². The summed E-state index contributed by atoms with van der Waals surface area (Å²) in [5.74, 6) is 0. The Bertz CT molecular complexity index is 940. The molecule has 1 aliphatic carbocycles. The Morgan fingerprint density at radius 1 is 0.957 bits per heavy atom. The van der Waals surface area contributed by atoms with Gasteiger partial charge in [-0.25, -0.2) is 4.98 Å². The quantitative estimate of drug-likeness (QED) is 0.590. The van der Waals surface area contributed by atoms with E-state index in [-0.39, 0.29) is 5.15 Å². The van der Waals surface area contributed by atoms with Gasteiger partial charge in [0, 0.05) is 11.1 Å². The van der Waals surface area contributed by atoms with E-state index in [0.29, 0.717) is 5.56 Å². The number of benzene rings is 2. The van der Waals surface area contributed by atoms with Gasteiger partial charge in [0.25, 0.3) is 0 Å². The smallest absolute Gasteiger partial charge is 0.148 e. The number of nitrogens with zero attached hydrogens (tertiary/aromatic N) is 2. The van der Waals surface area contributed by atoms with Crippen LogP contribution in [0.4, 0.5) is 0 Å². The summed E-state index contributed by atoms with van der Waals surface area (Å²) in [5.41, 5.74) is 6.85. The first-order valence-electron chi connectivity index (χ1n) is 7.55. The zero-order chi connectivity index (χ0) is 15.8. The van der Waals surface area contributed by atoms with Crippen LogP contribution < -0.4 is 0 Å². The number of fused-ring (bicyclic) bond motifs is 3. The molecular weight excluding hydrogens is 304 g/mol. The van der Waals surface area contributed by atoms with Crippen LogP contribution in [0.2, 0.25) is 5.15 Å². The highest BCUT2D eigenvalue weighted by Crippen LogP contribution is 2.41. The van der Waals surface area contributed by atoms with Gasteiger partial charge in [-0.1, -0.05) is 66.2 Å². The molecule has 1 aliphatic rings. The molecule has 2 nitrogen and oxygen atoms in total. The molecule has 1 aromatic heterocycles. The molecule has 3 heteroatoms. The second kappa shape index (κ2) is 5.53. The van der Waals surface area contributed by atoms with Crippen LogP contribution in [0.1, 0.15) is 16.7 Å². The van der Waals surface area contributed by atoms with E-state index in [1.807, 2.05) is 42.5 Å². The van der Waals surface area contributed by atoms with E-state index in [1.54, 1.807) is 0 Å². The third kappa shape index (κ3) is 2.21. The fourth-order valence-electron chi connectivity index (χ4n) is 3.31. The zero-order valence-corrected chi connectivity index (χ0v) is 13.1. The summed E-state index contributed by atoms with van der Waals surface area (Å²) in [6.45, 7) is 0. The van der Waals surface area contributed by atoms with Crippen molar-refractivity contribution in [3.8, 4) is 28.5 Å². The maximum Gasteiger partial charge on any atom is 0.148 e. The van der Waals surface area contributed by atoms with Crippen LogP contribution in [0.25, 0.3) is 22.4 Å². The number of aromatic nitrogens is 1. The lowest BCUT2D eigenvalue weighted by molar-refractivity contribution is 0.928. The SMILES string of the molecule is N#Cc1c(Cl)nc2c(c1-c1ccccc1)CCc1ccccc1-2. The van der Waals surface area contributed by atoms with Crippen LogP contribution in [0.3, 0.4) is 0 Å². The van der Waals surface area contributed by atoms with Crippen LogP contribution in [0, 0.1) is 11.3 Å². The van der Waals surface area contributed by atoms with E-state index >= 15 is 0 Å². The van der Waals surface area contributed by atoms with Crippen molar-refractivity contribution in [3.05, 3.63) is 76.4 Å². The molecule has 0 aliphatic heterocycles. The average Bonchev–Trinajstić information content (AvgIpc) is 2.61. The summed E-state index contributed by atoms with van der Waals surface area (Å²) in [4.78, 5) is 4.55. The molecule has 23 heavy (non-hydrogen) atoms. The first-order valence-corrected chi connectivity index (χ1v) is 7.93. The highest BCUT2D eigenvalue weighted by Gasteiger charge is 2.25.